The summed E-state index contributed by atoms with van der Waals surface area (Å²) in [6.45, 7) is 1.07. The van der Waals surface area contributed by atoms with Crippen LogP contribution < -0.4 is 11.1 Å². The molecule has 0 aromatic carbocycles. The van der Waals surface area contributed by atoms with Crippen LogP contribution in [0.1, 0.15) is 35.6 Å². The van der Waals surface area contributed by atoms with Gasteiger partial charge in [0.05, 0.1) is 6.54 Å². The van der Waals surface area contributed by atoms with Gasteiger partial charge in [-0.1, -0.05) is 12.8 Å². The topological polar surface area (TPSA) is 68.3 Å². The molecule has 4 nitrogen and oxygen atoms in total. The van der Waals surface area contributed by atoms with Crippen molar-refractivity contribution in [2.24, 2.45) is 11.7 Å². The van der Waals surface area contributed by atoms with E-state index in [1.54, 1.807) is 12.1 Å². The summed E-state index contributed by atoms with van der Waals surface area (Å²) in [5.74, 6) is 1.69. The van der Waals surface area contributed by atoms with Gasteiger partial charge in [0.2, 0.25) is 0 Å². The van der Waals surface area contributed by atoms with Gasteiger partial charge in [0, 0.05) is 6.54 Å². The van der Waals surface area contributed by atoms with Crippen molar-refractivity contribution in [3.8, 4) is 0 Å². The molecular weight excluding hydrogens is 192 g/mol. The third-order valence-electron chi connectivity index (χ3n) is 2.62. The maximum absolute atomic E-state index is 11.5. The van der Waals surface area contributed by atoms with Crippen LogP contribution in [0.3, 0.4) is 0 Å². The highest BCUT2D eigenvalue weighted by molar-refractivity contribution is 5.91. The Kier molecular flexibility index (Phi) is 3.06. The Morgan fingerprint density at radius 3 is 2.93 bits per heavy atom. The van der Waals surface area contributed by atoms with Gasteiger partial charge in [-0.05, 0) is 24.5 Å². The molecule has 1 amide bonds. The average Bonchev–Trinajstić information content (AvgIpc) is 2.94. The molecule has 0 unspecified atom stereocenters. The number of furan rings is 1. The van der Waals surface area contributed by atoms with Crippen LogP contribution in [0.15, 0.2) is 16.5 Å². The number of carbonyl (C=O) groups excluding carboxylic acids is 1. The number of rotatable bonds is 5. The maximum Gasteiger partial charge on any atom is 0.286 e. The largest absolute Gasteiger partial charge is 0.455 e. The van der Waals surface area contributed by atoms with Crippen LogP contribution in [-0.2, 0) is 6.54 Å². The van der Waals surface area contributed by atoms with E-state index >= 15 is 0 Å². The molecule has 3 N–H and O–H groups in total. The SMILES string of the molecule is NCc1ccc(C(=O)NCCC2CC2)o1. The lowest BCUT2D eigenvalue weighted by Crippen LogP contribution is -2.24. The van der Waals surface area contributed by atoms with Crippen molar-refractivity contribution in [1.82, 2.24) is 5.32 Å². The Bertz CT molecular complexity index is 342. The van der Waals surface area contributed by atoms with E-state index in [1.165, 1.54) is 12.8 Å². The molecule has 0 radical (unpaired) electrons. The molecule has 0 spiro atoms. The number of carbonyl (C=O) groups is 1. The lowest BCUT2D eigenvalue weighted by molar-refractivity contribution is 0.0923. The Hall–Kier alpha value is -1.29. The Morgan fingerprint density at radius 2 is 2.33 bits per heavy atom. The summed E-state index contributed by atoms with van der Waals surface area (Å²) in [5.41, 5.74) is 5.39. The number of nitrogens with two attached hydrogens (primary N) is 1. The van der Waals surface area contributed by atoms with Crippen molar-refractivity contribution in [1.29, 1.82) is 0 Å². The lowest BCUT2D eigenvalue weighted by atomic mass is 10.3. The molecular formula is C11H16N2O2. The van der Waals surface area contributed by atoms with Crippen LogP contribution in [0.5, 0.6) is 0 Å². The predicted molar refractivity (Wildman–Crippen MR) is 56.3 cm³/mol. The van der Waals surface area contributed by atoms with E-state index in [0.717, 1.165) is 18.9 Å². The van der Waals surface area contributed by atoms with E-state index in [4.69, 9.17) is 10.2 Å². The van der Waals surface area contributed by atoms with E-state index in [9.17, 15) is 4.79 Å². The minimum atomic E-state index is -0.143. The molecule has 2 rings (SSSR count). The third kappa shape index (κ3) is 2.83. The molecule has 1 aliphatic carbocycles. The number of amides is 1. The van der Waals surface area contributed by atoms with Crippen molar-refractivity contribution in [2.75, 3.05) is 6.54 Å². The van der Waals surface area contributed by atoms with Gasteiger partial charge in [-0.2, -0.15) is 0 Å². The first kappa shape index (κ1) is 10.2. The maximum atomic E-state index is 11.5. The fourth-order valence-electron chi connectivity index (χ4n) is 1.49. The third-order valence-corrected chi connectivity index (χ3v) is 2.62. The molecule has 1 fully saturated rings. The Balaban J connectivity index is 1.78. The highest BCUT2D eigenvalue weighted by Crippen LogP contribution is 2.31. The van der Waals surface area contributed by atoms with E-state index in [1.807, 2.05) is 0 Å². The number of hydrogen-bond acceptors (Lipinski definition) is 3. The quantitative estimate of drug-likeness (QED) is 0.765. The standard InChI is InChI=1S/C11H16N2O2/c12-7-9-3-4-10(15-9)11(14)13-6-5-8-1-2-8/h3-4,8H,1-2,5-7,12H2,(H,13,14). The number of hydrogen-bond donors (Lipinski definition) is 2. The molecule has 0 aliphatic heterocycles. The zero-order chi connectivity index (χ0) is 10.7. The van der Waals surface area contributed by atoms with Gasteiger partial charge in [0.15, 0.2) is 5.76 Å². The molecule has 15 heavy (non-hydrogen) atoms. The molecule has 1 saturated carbocycles. The zero-order valence-corrected chi connectivity index (χ0v) is 8.66. The van der Waals surface area contributed by atoms with Gasteiger partial charge in [0.1, 0.15) is 5.76 Å². The summed E-state index contributed by atoms with van der Waals surface area (Å²) in [6, 6.07) is 3.39. The van der Waals surface area contributed by atoms with E-state index in [0.29, 0.717) is 18.1 Å². The van der Waals surface area contributed by atoms with Crippen molar-refractivity contribution in [3.05, 3.63) is 23.7 Å². The predicted octanol–water partition coefficient (Wildman–Crippen LogP) is 1.27. The van der Waals surface area contributed by atoms with Crippen LogP contribution in [0.25, 0.3) is 0 Å². The van der Waals surface area contributed by atoms with Gasteiger partial charge in [0.25, 0.3) is 5.91 Å². The Morgan fingerprint density at radius 1 is 1.53 bits per heavy atom. The second-order valence-electron chi connectivity index (χ2n) is 3.96. The molecule has 1 aromatic rings. The number of nitrogens with one attached hydrogen (secondary N) is 1. The Labute approximate surface area is 88.8 Å². The second-order valence-corrected chi connectivity index (χ2v) is 3.96. The summed E-state index contributed by atoms with van der Waals surface area (Å²) in [7, 11) is 0. The lowest BCUT2D eigenvalue weighted by Gasteiger charge is -2.01. The minimum absolute atomic E-state index is 0.143. The van der Waals surface area contributed by atoms with Gasteiger partial charge < -0.3 is 15.5 Å². The summed E-state index contributed by atoms with van der Waals surface area (Å²) in [6.07, 6.45) is 3.71. The normalized spacial score (nSPS) is 15.3. The molecule has 0 saturated heterocycles. The van der Waals surface area contributed by atoms with Gasteiger partial charge >= 0.3 is 0 Å². The van der Waals surface area contributed by atoms with E-state index in [-0.39, 0.29) is 5.91 Å². The zero-order valence-electron chi connectivity index (χ0n) is 8.66. The van der Waals surface area contributed by atoms with Crippen molar-refractivity contribution >= 4 is 5.91 Å². The fourth-order valence-corrected chi connectivity index (χ4v) is 1.49. The molecule has 1 aromatic heterocycles. The monoisotopic (exact) mass is 208 g/mol. The first-order chi connectivity index (χ1) is 7.29. The molecule has 0 bridgehead atoms. The summed E-state index contributed by atoms with van der Waals surface area (Å²) in [4.78, 5) is 11.5. The average molecular weight is 208 g/mol. The summed E-state index contributed by atoms with van der Waals surface area (Å²) >= 11 is 0. The van der Waals surface area contributed by atoms with Gasteiger partial charge in [-0.25, -0.2) is 0 Å². The van der Waals surface area contributed by atoms with Crippen molar-refractivity contribution in [3.63, 3.8) is 0 Å². The molecule has 0 atom stereocenters. The fraction of sp³-hybridized carbons (Fsp3) is 0.545. The van der Waals surface area contributed by atoms with Crippen molar-refractivity contribution in [2.45, 2.75) is 25.8 Å². The molecule has 82 valence electrons. The summed E-state index contributed by atoms with van der Waals surface area (Å²) in [5, 5.41) is 2.83. The van der Waals surface area contributed by atoms with E-state index < -0.39 is 0 Å². The van der Waals surface area contributed by atoms with E-state index in [2.05, 4.69) is 5.32 Å². The van der Waals surface area contributed by atoms with Gasteiger partial charge in [-0.3, -0.25) is 4.79 Å². The smallest absolute Gasteiger partial charge is 0.286 e. The first-order valence-electron chi connectivity index (χ1n) is 5.36. The van der Waals surface area contributed by atoms with Crippen LogP contribution >= 0.6 is 0 Å². The second kappa shape index (κ2) is 4.49. The molecule has 1 aliphatic rings. The van der Waals surface area contributed by atoms with Crippen LogP contribution in [-0.4, -0.2) is 12.5 Å². The van der Waals surface area contributed by atoms with Crippen molar-refractivity contribution < 1.29 is 9.21 Å². The molecule has 4 heteroatoms. The highest BCUT2D eigenvalue weighted by Gasteiger charge is 2.21. The minimum Gasteiger partial charge on any atom is -0.455 e. The van der Waals surface area contributed by atoms with Crippen LogP contribution in [0, 0.1) is 5.92 Å². The van der Waals surface area contributed by atoms with Crippen LogP contribution in [0.4, 0.5) is 0 Å². The highest BCUT2D eigenvalue weighted by atomic mass is 16.4. The summed E-state index contributed by atoms with van der Waals surface area (Å²) < 4.78 is 5.23. The molecule has 1 heterocycles. The van der Waals surface area contributed by atoms with Crippen LogP contribution in [0.2, 0.25) is 0 Å². The van der Waals surface area contributed by atoms with Gasteiger partial charge in [-0.15, -0.1) is 0 Å². The first-order valence-corrected chi connectivity index (χ1v) is 5.36.